The number of nitrogens with zero attached hydrogens (tertiary/aromatic N) is 3. The molecular weight excluding hydrogens is 483 g/mol. The van der Waals surface area contributed by atoms with Gasteiger partial charge < -0.3 is 9.14 Å². The lowest BCUT2D eigenvalue weighted by atomic mass is 9.89. The Labute approximate surface area is 217 Å². The number of fused-ring (bicyclic) bond motifs is 3. The van der Waals surface area contributed by atoms with Gasteiger partial charge in [-0.2, -0.15) is 0 Å². The van der Waals surface area contributed by atoms with Crippen LogP contribution in [0, 0.1) is 12.7 Å². The number of halogens is 1. The van der Waals surface area contributed by atoms with Gasteiger partial charge in [-0.25, -0.2) is 14.2 Å². The molecule has 2 aliphatic rings. The Balaban J connectivity index is 1.32. The molecule has 190 valence electrons. The number of aromatic nitrogens is 4. The molecule has 0 amide bonds. The van der Waals surface area contributed by atoms with Gasteiger partial charge in [-0.1, -0.05) is 23.4 Å². The molecule has 1 fully saturated rings. The SMILES string of the molecule is C/C(=C1/c2ccc(Cc3c(C)nc4cc(C5CC5)ccn34)cc2COc2cc(F)ccc21)c1noc(=O)[nH]1. The van der Waals surface area contributed by atoms with Crippen molar-refractivity contribution >= 4 is 16.8 Å². The van der Waals surface area contributed by atoms with Crippen LogP contribution < -0.4 is 10.5 Å². The van der Waals surface area contributed by atoms with Crippen LogP contribution in [0.5, 0.6) is 5.75 Å². The van der Waals surface area contributed by atoms with E-state index in [2.05, 4.69) is 58.0 Å². The number of ether oxygens (including phenoxy) is 1. The van der Waals surface area contributed by atoms with Gasteiger partial charge in [0.25, 0.3) is 0 Å². The summed E-state index contributed by atoms with van der Waals surface area (Å²) < 4.78 is 27.2. The zero-order valence-electron chi connectivity index (χ0n) is 21.0. The number of rotatable bonds is 4. The zero-order valence-corrected chi connectivity index (χ0v) is 21.0. The number of hydrogen-bond acceptors (Lipinski definition) is 5. The predicted molar refractivity (Wildman–Crippen MR) is 141 cm³/mol. The molecule has 0 bridgehead atoms. The summed E-state index contributed by atoms with van der Waals surface area (Å²) in [5, 5.41) is 3.89. The molecule has 1 aliphatic heterocycles. The lowest BCUT2D eigenvalue weighted by molar-refractivity contribution is 0.305. The van der Waals surface area contributed by atoms with Gasteiger partial charge in [0, 0.05) is 35.5 Å². The van der Waals surface area contributed by atoms with Crippen molar-refractivity contribution in [2.24, 2.45) is 0 Å². The highest BCUT2D eigenvalue weighted by atomic mass is 19.1. The molecule has 38 heavy (non-hydrogen) atoms. The zero-order chi connectivity index (χ0) is 26.0. The number of aromatic amines is 1. The largest absolute Gasteiger partial charge is 0.488 e. The fourth-order valence-corrected chi connectivity index (χ4v) is 5.46. The van der Waals surface area contributed by atoms with Crippen molar-refractivity contribution in [1.82, 2.24) is 19.5 Å². The molecule has 1 N–H and O–H groups in total. The summed E-state index contributed by atoms with van der Waals surface area (Å²) in [7, 11) is 0. The van der Waals surface area contributed by atoms with Crippen LogP contribution in [0.15, 0.2) is 64.0 Å². The van der Waals surface area contributed by atoms with E-state index in [1.54, 1.807) is 6.07 Å². The van der Waals surface area contributed by atoms with Gasteiger partial charge in [0.05, 0.1) is 5.69 Å². The number of H-pyrrole nitrogens is 1. The molecule has 4 heterocycles. The molecule has 0 radical (unpaired) electrons. The highest BCUT2D eigenvalue weighted by Gasteiger charge is 2.26. The Kier molecular flexibility index (Phi) is 5.11. The molecule has 0 atom stereocenters. The maximum absolute atomic E-state index is 14.1. The van der Waals surface area contributed by atoms with Crippen LogP contribution in [0.4, 0.5) is 4.39 Å². The fraction of sp³-hybridized carbons (Fsp3) is 0.233. The third kappa shape index (κ3) is 3.84. The average molecular weight is 509 g/mol. The quantitative estimate of drug-likeness (QED) is 0.332. The van der Waals surface area contributed by atoms with E-state index < -0.39 is 5.76 Å². The molecule has 7 nitrogen and oxygen atoms in total. The van der Waals surface area contributed by atoms with Gasteiger partial charge in [-0.3, -0.25) is 9.51 Å². The van der Waals surface area contributed by atoms with E-state index in [0.29, 0.717) is 29.5 Å². The molecule has 0 spiro atoms. The van der Waals surface area contributed by atoms with E-state index in [0.717, 1.165) is 44.9 Å². The average Bonchev–Trinajstić information content (AvgIpc) is 3.63. The maximum Gasteiger partial charge on any atom is 0.439 e. The minimum Gasteiger partial charge on any atom is -0.488 e. The number of allylic oxidation sites excluding steroid dienone is 1. The van der Waals surface area contributed by atoms with Crippen molar-refractivity contribution in [3.8, 4) is 5.75 Å². The smallest absolute Gasteiger partial charge is 0.439 e. The van der Waals surface area contributed by atoms with Crippen LogP contribution in [0.3, 0.4) is 0 Å². The second kappa shape index (κ2) is 8.55. The van der Waals surface area contributed by atoms with Gasteiger partial charge in [0.15, 0.2) is 5.82 Å². The molecule has 3 aromatic heterocycles. The number of aryl methyl sites for hydroxylation is 1. The first-order chi connectivity index (χ1) is 18.4. The van der Waals surface area contributed by atoms with E-state index in [4.69, 9.17) is 14.2 Å². The summed E-state index contributed by atoms with van der Waals surface area (Å²) >= 11 is 0. The van der Waals surface area contributed by atoms with Crippen molar-refractivity contribution in [3.63, 3.8) is 0 Å². The lowest BCUT2D eigenvalue weighted by Gasteiger charge is -2.14. The van der Waals surface area contributed by atoms with Crippen LogP contribution in [-0.4, -0.2) is 19.5 Å². The van der Waals surface area contributed by atoms with Crippen LogP contribution in [0.2, 0.25) is 0 Å². The topological polar surface area (TPSA) is 85.4 Å². The number of imidazole rings is 1. The summed E-state index contributed by atoms with van der Waals surface area (Å²) in [6, 6.07) is 15.2. The molecule has 0 saturated heterocycles. The van der Waals surface area contributed by atoms with E-state index in [-0.39, 0.29) is 12.4 Å². The predicted octanol–water partition coefficient (Wildman–Crippen LogP) is 5.80. The van der Waals surface area contributed by atoms with Crippen molar-refractivity contribution in [2.75, 3.05) is 0 Å². The van der Waals surface area contributed by atoms with Gasteiger partial charge >= 0.3 is 5.76 Å². The van der Waals surface area contributed by atoms with E-state index >= 15 is 0 Å². The Bertz CT molecular complexity index is 1820. The molecule has 1 aliphatic carbocycles. The van der Waals surface area contributed by atoms with Gasteiger partial charge in [-0.15, -0.1) is 0 Å². The van der Waals surface area contributed by atoms with E-state index in [1.807, 2.05) is 6.92 Å². The molecule has 7 rings (SSSR count). The summed E-state index contributed by atoms with van der Waals surface area (Å²) in [5.74, 6) is 0.433. The molecule has 5 aromatic rings. The second-order valence-electron chi connectivity index (χ2n) is 10.1. The monoisotopic (exact) mass is 508 g/mol. The van der Waals surface area contributed by atoms with Gasteiger partial charge in [0.2, 0.25) is 0 Å². The normalized spacial score (nSPS) is 16.1. The summed E-state index contributed by atoms with van der Waals surface area (Å²) in [6.07, 6.45) is 5.37. The summed E-state index contributed by atoms with van der Waals surface area (Å²) in [6.45, 7) is 4.19. The Morgan fingerprint density at radius 3 is 2.76 bits per heavy atom. The van der Waals surface area contributed by atoms with Crippen LogP contribution >= 0.6 is 0 Å². The molecule has 8 heteroatoms. The molecule has 1 saturated carbocycles. The first kappa shape index (κ1) is 22.7. The van der Waals surface area contributed by atoms with Crippen LogP contribution in [-0.2, 0) is 13.0 Å². The van der Waals surface area contributed by atoms with Crippen LogP contribution in [0.1, 0.15) is 70.7 Å². The standard InChI is InChI=1S/C30H25FN4O3/c1-16(29-33-30(36)38-34-29)28-23-7-3-18(11-21(23)15-37-26-14-22(31)6-8-24(26)28)12-25-17(2)32-27-13-20(19-4-5-19)9-10-35(25)27/h3,6-11,13-14,19H,4-5,12,15H2,1-2H3,(H,33,34,36)/b28-16+. The summed E-state index contributed by atoms with van der Waals surface area (Å²) in [4.78, 5) is 19.1. The Morgan fingerprint density at radius 1 is 1.13 bits per heavy atom. The minimum absolute atomic E-state index is 0.280. The second-order valence-corrected chi connectivity index (χ2v) is 10.1. The van der Waals surface area contributed by atoms with Crippen LogP contribution in [0.25, 0.3) is 16.8 Å². The van der Waals surface area contributed by atoms with Crippen molar-refractivity contribution in [2.45, 2.75) is 45.6 Å². The number of hydrogen-bond donors (Lipinski definition) is 1. The third-order valence-corrected chi connectivity index (χ3v) is 7.58. The molecule has 2 aromatic carbocycles. The summed E-state index contributed by atoms with van der Waals surface area (Å²) in [5.41, 5.74) is 9.76. The third-order valence-electron chi connectivity index (χ3n) is 7.58. The van der Waals surface area contributed by atoms with E-state index in [1.165, 1.54) is 30.5 Å². The highest BCUT2D eigenvalue weighted by molar-refractivity contribution is 5.99. The molecular formula is C30H25FN4O3. The fourth-order valence-electron chi connectivity index (χ4n) is 5.46. The van der Waals surface area contributed by atoms with Crippen molar-refractivity contribution in [3.05, 3.63) is 116 Å². The first-order valence-corrected chi connectivity index (χ1v) is 12.7. The Hall–Kier alpha value is -4.46. The van der Waals surface area contributed by atoms with Gasteiger partial charge in [-0.05, 0) is 84.7 Å². The van der Waals surface area contributed by atoms with Crippen molar-refractivity contribution in [1.29, 1.82) is 0 Å². The first-order valence-electron chi connectivity index (χ1n) is 12.7. The maximum atomic E-state index is 14.1. The van der Waals surface area contributed by atoms with Crippen molar-refractivity contribution < 1.29 is 13.7 Å². The number of benzene rings is 2. The molecule has 0 unspecified atom stereocenters. The van der Waals surface area contributed by atoms with E-state index in [9.17, 15) is 9.18 Å². The number of nitrogens with one attached hydrogen (secondary N) is 1. The highest BCUT2D eigenvalue weighted by Crippen LogP contribution is 2.42. The lowest BCUT2D eigenvalue weighted by Crippen LogP contribution is -2.02. The van der Waals surface area contributed by atoms with Gasteiger partial charge in [0.1, 0.15) is 23.8 Å². The minimum atomic E-state index is -0.632. The Morgan fingerprint density at radius 2 is 1.97 bits per heavy atom. The number of pyridine rings is 1.